The first-order valence-corrected chi connectivity index (χ1v) is 16.4. The highest BCUT2D eigenvalue weighted by Gasteiger charge is 2.38. The van der Waals surface area contributed by atoms with Crippen LogP contribution in [0.5, 0.6) is 0 Å². The van der Waals surface area contributed by atoms with Gasteiger partial charge in [-0.3, -0.25) is 19.3 Å². The average molecular weight is 611 g/mol. The number of esters is 1. The van der Waals surface area contributed by atoms with Crippen LogP contribution in [0.1, 0.15) is 91.7 Å². The molecule has 1 aromatic rings. The molecule has 0 saturated carbocycles. The number of ether oxygens (including phenoxy) is 1. The van der Waals surface area contributed by atoms with E-state index in [1.54, 1.807) is 23.8 Å². The second kappa shape index (κ2) is 16.2. The number of carbonyl (C=O) groups is 4. The Balaban J connectivity index is 1.73. The van der Waals surface area contributed by atoms with Crippen LogP contribution in [0.3, 0.4) is 0 Å². The van der Waals surface area contributed by atoms with Crippen LogP contribution in [0.4, 0.5) is 0 Å². The number of hydrogen-bond donors (Lipinski definition) is 1. The topological polar surface area (TPSA) is 99.3 Å². The molecule has 3 rings (SSSR count). The molecule has 2 saturated heterocycles. The Morgan fingerprint density at radius 1 is 0.977 bits per heavy atom. The van der Waals surface area contributed by atoms with E-state index in [2.05, 4.69) is 10.2 Å². The molecule has 0 aliphatic carbocycles. The summed E-state index contributed by atoms with van der Waals surface area (Å²) >= 11 is 0. The number of likely N-dealkylation sites (N-methyl/N-ethyl adjacent to an activating group) is 2. The molecule has 2 aliphatic heterocycles. The second-order valence-electron chi connectivity index (χ2n) is 13.2. The summed E-state index contributed by atoms with van der Waals surface area (Å²) in [5.41, 5.74) is 1.41. The van der Waals surface area contributed by atoms with E-state index in [-0.39, 0.29) is 53.7 Å². The number of nitrogens with zero attached hydrogens (tertiary/aromatic N) is 3. The predicted molar refractivity (Wildman–Crippen MR) is 172 cm³/mol. The highest BCUT2D eigenvalue weighted by atomic mass is 16.5. The van der Waals surface area contributed by atoms with Crippen molar-refractivity contribution in [1.82, 2.24) is 20.0 Å². The lowest BCUT2D eigenvalue weighted by Crippen LogP contribution is -2.57. The zero-order valence-corrected chi connectivity index (χ0v) is 28.0. The minimum Gasteiger partial charge on any atom is -0.456 e. The van der Waals surface area contributed by atoms with Gasteiger partial charge in [-0.15, -0.1) is 0 Å². The smallest absolute Gasteiger partial charge is 0.329 e. The van der Waals surface area contributed by atoms with Gasteiger partial charge < -0.3 is 19.9 Å². The van der Waals surface area contributed by atoms with E-state index in [1.807, 2.05) is 78.1 Å². The molecule has 244 valence electrons. The van der Waals surface area contributed by atoms with E-state index >= 15 is 0 Å². The molecule has 0 radical (unpaired) electrons. The van der Waals surface area contributed by atoms with Crippen molar-refractivity contribution in [2.75, 3.05) is 27.2 Å². The lowest BCUT2D eigenvalue weighted by molar-refractivity contribution is -0.157. The molecule has 2 heterocycles. The molecule has 9 heteroatoms. The minimum absolute atomic E-state index is 0.00946. The van der Waals surface area contributed by atoms with Crippen LogP contribution in [-0.2, 0) is 23.9 Å². The fourth-order valence-corrected chi connectivity index (χ4v) is 6.37. The molecule has 2 fully saturated rings. The number of hydrogen-bond acceptors (Lipinski definition) is 6. The molecule has 1 N–H and O–H groups in total. The van der Waals surface area contributed by atoms with Crippen molar-refractivity contribution in [2.24, 2.45) is 11.8 Å². The summed E-state index contributed by atoms with van der Waals surface area (Å²) in [5.74, 6) is -1.00. The number of benzene rings is 1. The molecule has 44 heavy (non-hydrogen) atoms. The molecule has 0 spiro atoms. The Hall–Kier alpha value is -3.20. The number of nitrogens with one attached hydrogen (secondary N) is 1. The van der Waals surface area contributed by atoms with Gasteiger partial charge in [0.25, 0.3) is 0 Å². The molecule has 1 aromatic carbocycles. The fraction of sp³-hybridized carbons (Fsp3) is 0.657. The first-order chi connectivity index (χ1) is 20.9. The van der Waals surface area contributed by atoms with Crippen molar-refractivity contribution in [3.63, 3.8) is 0 Å². The highest BCUT2D eigenvalue weighted by Crippen LogP contribution is 2.27. The van der Waals surface area contributed by atoms with Gasteiger partial charge in [0.1, 0.15) is 18.2 Å². The van der Waals surface area contributed by atoms with Gasteiger partial charge >= 0.3 is 5.97 Å². The maximum atomic E-state index is 13.8. The van der Waals surface area contributed by atoms with E-state index in [9.17, 15) is 19.2 Å². The van der Waals surface area contributed by atoms with Crippen molar-refractivity contribution >= 4 is 23.7 Å². The third-order valence-electron chi connectivity index (χ3n) is 9.13. The van der Waals surface area contributed by atoms with Gasteiger partial charge in [-0.1, -0.05) is 77.4 Å². The maximum absolute atomic E-state index is 13.8. The highest BCUT2D eigenvalue weighted by molar-refractivity contribution is 5.96. The number of likely N-dealkylation sites (tertiary alicyclic amines) is 2. The molecule has 0 bridgehead atoms. The third kappa shape index (κ3) is 8.71. The molecular formula is C35H54N4O5. The monoisotopic (exact) mass is 610 g/mol. The van der Waals surface area contributed by atoms with Crippen LogP contribution < -0.4 is 5.32 Å². The number of piperidine rings is 1. The number of amides is 3. The van der Waals surface area contributed by atoms with Gasteiger partial charge in [-0.25, -0.2) is 4.79 Å². The maximum Gasteiger partial charge on any atom is 0.329 e. The Morgan fingerprint density at radius 2 is 1.64 bits per heavy atom. The van der Waals surface area contributed by atoms with Crippen molar-refractivity contribution < 1.29 is 23.9 Å². The zero-order chi connectivity index (χ0) is 32.6. The quantitative estimate of drug-likeness (QED) is 0.272. The molecular weight excluding hydrogens is 556 g/mol. The fourth-order valence-electron chi connectivity index (χ4n) is 6.37. The Morgan fingerprint density at radius 3 is 2.23 bits per heavy atom. The van der Waals surface area contributed by atoms with Gasteiger partial charge in [0.15, 0.2) is 0 Å². The summed E-state index contributed by atoms with van der Waals surface area (Å²) in [6.45, 7) is 12.9. The Kier molecular flexibility index (Phi) is 13.0. The SMILES string of the molecule is CC[C@H](OC(=O)[C@@H]1CCCN1C(=O)C(C)=C[C@H](C(C)C)N(C)C(=O)[C@@H](NC(=O)[C@H]1CCCCN1C)C(C)C)c1ccccc1. The van der Waals surface area contributed by atoms with Crippen molar-refractivity contribution in [3.8, 4) is 0 Å². The largest absolute Gasteiger partial charge is 0.456 e. The van der Waals surface area contributed by atoms with E-state index in [1.165, 1.54) is 0 Å². The summed E-state index contributed by atoms with van der Waals surface area (Å²) in [7, 11) is 3.69. The van der Waals surface area contributed by atoms with Crippen molar-refractivity contribution in [2.45, 2.75) is 110 Å². The zero-order valence-electron chi connectivity index (χ0n) is 28.0. The van der Waals surface area contributed by atoms with E-state index in [0.29, 0.717) is 25.0 Å². The lowest BCUT2D eigenvalue weighted by atomic mass is 9.96. The van der Waals surface area contributed by atoms with Crippen LogP contribution in [0.2, 0.25) is 0 Å². The molecule has 3 amide bonds. The van der Waals surface area contributed by atoms with Gasteiger partial charge in [-0.2, -0.15) is 0 Å². The summed E-state index contributed by atoms with van der Waals surface area (Å²) in [6.07, 6.45) is 6.24. The standard InChI is InChI=1S/C35H54N4O5/c1-9-30(26-16-11-10-12-17-26)44-35(43)28-19-15-21-39(28)33(41)25(6)22-29(23(2)3)38(8)34(42)31(24(4)5)36-32(40)27-18-13-14-20-37(27)7/h10-12,16-17,22-24,27-31H,9,13-15,18-21H2,1-8H3,(H,36,40)/t27-,28+,29-,30+,31+/m1/s1. The molecule has 9 nitrogen and oxygen atoms in total. The lowest BCUT2D eigenvalue weighted by Gasteiger charge is -2.36. The molecule has 5 atom stereocenters. The first-order valence-electron chi connectivity index (χ1n) is 16.4. The first kappa shape index (κ1) is 35.3. The van der Waals surface area contributed by atoms with Gasteiger partial charge in [0.05, 0.1) is 12.1 Å². The average Bonchev–Trinajstić information content (AvgIpc) is 3.50. The molecule has 0 aromatic heterocycles. The number of carbonyl (C=O) groups excluding carboxylic acids is 4. The molecule has 2 aliphatic rings. The van der Waals surface area contributed by atoms with Gasteiger partial charge in [0, 0.05) is 19.2 Å². The number of rotatable bonds is 12. The van der Waals surface area contributed by atoms with E-state index < -0.39 is 12.1 Å². The summed E-state index contributed by atoms with van der Waals surface area (Å²) < 4.78 is 5.91. The van der Waals surface area contributed by atoms with Crippen LogP contribution in [0, 0.1) is 11.8 Å². The Labute approximate surface area is 264 Å². The van der Waals surface area contributed by atoms with Crippen molar-refractivity contribution in [3.05, 3.63) is 47.5 Å². The Bertz CT molecular complexity index is 1170. The van der Waals surface area contributed by atoms with E-state index in [4.69, 9.17) is 4.74 Å². The van der Waals surface area contributed by atoms with Crippen LogP contribution >= 0.6 is 0 Å². The summed E-state index contributed by atoms with van der Waals surface area (Å²) in [5, 5.41) is 3.04. The van der Waals surface area contributed by atoms with Gasteiger partial charge in [-0.05, 0) is 70.0 Å². The summed E-state index contributed by atoms with van der Waals surface area (Å²) in [4.78, 5) is 59.4. The van der Waals surface area contributed by atoms with Crippen LogP contribution in [-0.4, -0.2) is 89.7 Å². The minimum atomic E-state index is -0.678. The van der Waals surface area contributed by atoms with Gasteiger partial charge in [0.2, 0.25) is 17.7 Å². The van der Waals surface area contributed by atoms with Crippen LogP contribution in [0.25, 0.3) is 0 Å². The van der Waals surface area contributed by atoms with E-state index in [0.717, 1.165) is 37.8 Å². The van der Waals surface area contributed by atoms with Crippen molar-refractivity contribution in [1.29, 1.82) is 0 Å². The van der Waals surface area contributed by atoms with Crippen LogP contribution in [0.15, 0.2) is 42.0 Å². The molecule has 0 unspecified atom stereocenters. The normalized spacial score (nSPS) is 21.6. The predicted octanol–water partition coefficient (Wildman–Crippen LogP) is 4.73. The second-order valence-corrected chi connectivity index (χ2v) is 13.2. The third-order valence-corrected chi connectivity index (χ3v) is 9.13. The summed E-state index contributed by atoms with van der Waals surface area (Å²) in [6, 6.07) is 7.73.